The number of aromatic amines is 2. The Morgan fingerprint density at radius 1 is 1.13 bits per heavy atom. The van der Waals surface area contributed by atoms with E-state index in [1.165, 1.54) is 0 Å². The molecule has 2 N–H and O–H groups in total. The van der Waals surface area contributed by atoms with Crippen molar-refractivity contribution in [3.05, 3.63) is 54.0 Å². The van der Waals surface area contributed by atoms with Gasteiger partial charge in [0.1, 0.15) is 11.8 Å². The Kier molecular flexibility index (Phi) is 4.68. The molecular weight excluding hydrogens is 395 g/mol. The standard InChI is InChI=1S/C21H18F3N5O/c1-20(2,11-30)8-14-9-25-19-18(14)27-16(10-26-19)13-5-3-4-12(6-13)15-7-17(29-28-15)21(22,23)24/h3-7,9-11H,8H2,1-2H3,(H,25,26)(H,28,29). The van der Waals surface area contributed by atoms with Crippen molar-refractivity contribution in [3.8, 4) is 22.5 Å². The van der Waals surface area contributed by atoms with E-state index in [9.17, 15) is 18.0 Å². The first-order valence-electron chi connectivity index (χ1n) is 9.19. The number of halogens is 3. The van der Waals surface area contributed by atoms with Crippen LogP contribution >= 0.6 is 0 Å². The summed E-state index contributed by atoms with van der Waals surface area (Å²) < 4.78 is 38.5. The van der Waals surface area contributed by atoms with Gasteiger partial charge >= 0.3 is 6.18 Å². The van der Waals surface area contributed by atoms with Crippen molar-refractivity contribution in [2.24, 2.45) is 5.41 Å². The fourth-order valence-electron chi connectivity index (χ4n) is 3.21. The molecule has 0 aliphatic carbocycles. The van der Waals surface area contributed by atoms with Crippen molar-refractivity contribution in [1.29, 1.82) is 0 Å². The topological polar surface area (TPSA) is 87.3 Å². The smallest absolute Gasteiger partial charge is 0.345 e. The number of nitrogens with one attached hydrogen (secondary N) is 2. The molecule has 0 amide bonds. The van der Waals surface area contributed by atoms with Gasteiger partial charge in [0.25, 0.3) is 0 Å². The van der Waals surface area contributed by atoms with E-state index in [1.54, 1.807) is 30.6 Å². The van der Waals surface area contributed by atoms with Crippen LogP contribution in [0.3, 0.4) is 0 Å². The van der Waals surface area contributed by atoms with Gasteiger partial charge in [-0.25, -0.2) is 9.97 Å². The third kappa shape index (κ3) is 3.83. The Hall–Kier alpha value is -3.49. The lowest BCUT2D eigenvalue weighted by Crippen LogP contribution is -2.16. The van der Waals surface area contributed by atoms with E-state index in [0.29, 0.717) is 34.4 Å². The molecular formula is C21H18F3N5O. The van der Waals surface area contributed by atoms with Gasteiger partial charge in [-0.1, -0.05) is 32.0 Å². The molecule has 0 spiro atoms. The summed E-state index contributed by atoms with van der Waals surface area (Å²) in [5, 5.41) is 5.77. The second-order valence-electron chi connectivity index (χ2n) is 7.80. The first-order chi connectivity index (χ1) is 14.2. The molecule has 4 rings (SSSR count). The van der Waals surface area contributed by atoms with Gasteiger partial charge in [0.2, 0.25) is 0 Å². The molecule has 0 aliphatic heterocycles. The number of carbonyl (C=O) groups is 1. The number of H-pyrrole nitrogens is 2. The summed E-state index contributed by atoms with van der Waals surface area (Å²) in [6.07, 6.45) is 0.290. The highest BCUT2D eigenvalue weighted by Crippen LogP contribution is 2.32. The van der Waals surface area contributed by atoms with Crippen LogP contribution in [-0.2, 0) is 17.4 Å². The van der Waals surface area contributed by atoms with E-state index in [1.807, 2.05) is 19.9 Å². The SMILES string of the molecule is CC(C)(C=O)Cc1c[nH]c2ncc(-c3cccc(-c4cc(C(F)(F)F)n[nH]4)c3)nc12. The average molecular weight is 413 g/mol. The summed E-state index contributed by atoms with van der Waals surface area (Å²) in [7, 11) is 0. The molecule has 4 aromatic rings. The van der Waals surface area contributed by atoms with Crippen LogP contribution in [0.1, 0.15) is 25.1 Å². The first-order valence-corrected chi connectivity index (χ1v) is 9.19. The molecule has 154 valence electrons. The fourth-order valence-corrected chi connectivity index (χ4v) is 3.21. The number of rotatable bonds is 5. The van der Waals surface area contributed by atoms with E-state index < -0.39 is 17.3 Å². The summed E-state index contributed by atoms with van der Waals surface area (Å²) in [6, 6.07) is 7.93. The van der Waals surface area contributed by atoms with Crippen LogP contribution in [0.5, 0.6) is 0 Å². The van der Waals surface area contributed by atoms with Gasteiger partial charge in [0.15, 0.2) is 11.3 Å². The van der Waals surface area contributed by atoms with Crippen LogP contribution in [0.2, 0.25) is 0 Å². The highest BCUT2D eigenvalue weighted by molar-refractivity contribution is 5.79. The maximum atomic E-state index is 12.8. The second kappa shape index (κ2) is 7.08. The van der Waals surface area contributed by atoms with Gasteiger partial charge in [0.05, 0.1) is 17.6 Å². The lowest BCUT2D eigenvalue weighted by Gasteiger charge is -2.15. The highest BCUT2D eigenvalue weighted by atomic mass is 19.4. The number of benzene rings is 1. The van der Waals surface area contributed by atoms with Crippen molar-refractivity contribution in [2.75, 3.05) is 0 Å². The quantitative estimate of drug-likeness (QED) is 0.460. The lowest BCUT2D eigenvalue weighted by atomic mass is 9.88. The van der Waals surface area contributed by atoms with Crippen molar-refractivity contribution in [2.45, 2.75) is 26.4 Å². The minimum absolute atomic E-state index is 0.258. The molecule has 30 heavy (non-hydrogen) atoms. The zero-order chi connectivity index (χ0) is 21.5. The number of fused-ring (bicyclic) bond motifs is 1. The zero-order valence-corrected chi connectivity index (χ0v) is 16.2. The van der Waals surface area contributed by atoms with E-state index >= 15 is 0 Å². The highest BCUT2D eigenvalue weighted by Gasteiger charge is 2.34. The molecule has 0 unspecified atom stereocenters. The Balaban J connectivity index is 1.71. The van der Waals surface area contributed by atoms with Crippen molar-refractivity contribution in [1.82, 2.24) is 25.1 Å². The molecule has 1 aromatic carbocycles. The van der Waals surface area contributed by atoms with Crippen LogP contribution < -0.4 is 0 Å². The third-order valence-corrected chi connectivity index (χ3v) is 4.76. The van der Waals surface area contributed by atoms with Gasteiger partial charge in [0, 0.05) is 22.7 Å². The molecule has 0 radical (unpaired) electrons. The Morgan fingerprint density at radius 2 is 1.90 bits per heavy atom. The Morgan fingerprint density at radius 3 is 2.60 bits per heavy atom. The maximum absolute atomic E-state index is 12.8. The van der Waals surface area contributed by atoms with Crippen LogP contribution in [0.4, 0.5) is 13.2 Å². The number of carbonyl (C=O) groups excluding carboxylic acids is 1. The van der Waals surface area contributed by atoms with Crippen LogP contribution in [0.25, 0.3) is 33.7 Å². The van der Waals surface area contributed by atoms with Crippen LogP contribution in [0.15, 0.2) is 42.7 Å². The van der Waals surface area contributed by atoms with Crippen molar-refractivity contribution >= 4 is 17.5 Å². The summed E-state index contributed by atoms with van der Waals surface area (Å²) in [5.74, 6) is 0. The molecule has 3 aromatic heterocycles. The van der Waals surface area contributed by atoms with E-state index in [4.69, 9.17) is 0 Å². The Labute approximate surface area is 169 Å². The number of aldehydes is 1. The molecule has 9 heteroatoms. The molecule has 0 saturated heterocycles. The van der Waals surface area contributed by atoms with Crippen LogP contribution in [-0.4, -0.2) is 31.4 Å². The van der Waals surface area contributed by atoms with E-state index in [-0.39, 0.29) is 5.69 Å². The van der Waals surface area contributed by atoms with Gasteiger partial charge in [-0.05, 0) is 24.1 Å². The number of hydrogen-bond donors (Lipinski definition) is 2. The van der Waals surface area contributed by atoms with Gasteiger partial charge < -0.3 is 9.78 Å². The summed E-state index contributed by atoms with van der Waals surface area (Å²) >= 11 is 0. The summed E-state index contributed by atoms with van der Waals surface area (Å²) in [4.78, 5) is 23.4. The fraction of sp³-hybridized carbons (Fsp3) is 0.238. The monoisotopic (exact) mass is 413 g/mol. The Bertz CT molecular complexity index is 1220. The molecule has 6 nitrogen and oxygen atoms in total. The molecule has 0 atom stereocenters. The zero-order valence-electron chi connectivity index (χ0n) is 16.2. The molecule has 0 fully saturated rings. The minimum atomic E-state index is -4.51. The van der Waals surface area contributed by atoms with E-state index in [2.05, 4.69) is 25.1 Å². The predicted molar refractivity (Wildman–Crippen MR) is 105 cm³/mol. The number of hydrogen-bond acceptors (Lipinski definition) is 4. The molecule has 0 saturated carbocycles. The minimum Gasteiger partial charge on any atom is -0.345 e. The molecule has 0 aliphatic rings. The first kappa shape index (κ1) is 19.8. The average Bonchev–Trinajstić information content (AvgIpc) is 3.35. The largest absolute Gasteiger partial charge is 0.435 e. The summed E-state index contributed by atoms with van der Waals surface area (Å²) in [6.45, 7) is 3.69. The molecule has 0 bridgehead atoms. The van der Waals surface area contributed by atoms with Crippen molar-refractivity contribution in [3.63, 3.8) is 0 Å². The number of nitrogens with zero attached hydrogens (tertiary/aromatic N) is 3. The maximum Gasteiger partial charge on any atom is 0.435 e. The number of aromatic nitrogens is 5. The van der Waals surface area contributed by atoms with Crippen molar-refractivity contribution < 1.29 is 18.0 Å². The van der Waals surface area contributed by atoms with Gasteiger partial charge in [-0.3, -0.25) is 5.10 Å². The van der Waals surface area contributed by atoms with E-state index in [0.717, 1.165) is 17.9 Å². The van der Waals surface area contributed by atoms with Gasteiger partial charge in [-0.2, -0.15) is 18.3 Å². The third-order valence-electron chi connectivity index (χ3n) is 4.76. The lowest BCUT2D eigenvalue weighted by molar-refractivity contribution is -0.141. The second-order valence-corrected chi connectivity index (χ2v) is 7.80. The predicted octanol–water partition coefficient (Wildman–Crippen LogP) is 4.80. The molecule has 3 heterocycles. The summed E-state index contributed by atoms with van der Waals surface area (Å²) in [5.41, 5.74) is 2.71. The number of alkyl halides is 3. The van der Waals surface area contributed by atoms with Crippen LogP contribution in [0, 0.1) is 5.41 Å². The normalized spacial score (nSPS) is 12.4. The van der Waals surface area contributed by atoms with Gasteiger partial charge in [-0.15, -0.1) is 0 Å².